The van der Waals surface area contributed by atoms with Gasteiger partial charge >= 0.3 is 0 Å². The lowest BCUT2D eigenvalue weighted by Gasteiger charge is -2.38. The number of benzene rings is 1. The van der Waals surface area contributed by atoms with E-state index in [-0.39, 0.29) is 22.3 Å². The van der Waals surface area contributed by atoms with E-state index in [9.17, 15) is 9.18 Å². The molecular weight excluding hydrogens is 431 g/mol. The van der Waals surface area contributed by atoms with Crippen LogP contribution in [0, 0.1) is 5.82 Å². The average molecular weight is 457 g/mol. The number of rotatable bonds is 6. The van der Waals surface area contributed by atoms with Gasteiger partial charge in [0.2, 0.25) is 0 Å². The average Bonchev–Trinajstić information content (AvgIpc) is 3.47. The lowest BCUT2D eigenvalue weighted by atomic mass is 9.85. The maximum atomic E-state index is 14.1. The van der Waals surface area contributed by atoms with Gasteiger partial charge in [0.05, 0.1) is 23.7 Å². The number of piperidine rings is 1. The minimum atomic E-state index is -0.443. The van der Waals surface area contributed by atoms with Crippen molar-refractivity contribution in [3.63, 3.8) is 0 Å². The summed E-state index contributed by atoms with van der Waals surface area (Å²) in [5.41, 5.74) is 7.88. The number of nitrogens with zero attached hydrogens (tertiary/aromatic N) is 2. The summed E-state index contributed by atoms with van der Waals surface area (Å²) in [4.78, 5) is 17.2. The molecule has 168 valence electrons. The molecule has 0 radical (unpaired) electrons. The first-order valence-corrected chi connectivity index (χ1v) is 11.4. The van der Waals surface area contributed by atoms with Crippen molar-refractivity contribution in [1.82, 2.24) is 20.5 Å². The van der Waals surface area contributed by atoms with Gasteiger partial charge in [-0.15, -0.1) is 0 Å². The third kappa shape index (κ3) is 3.78. The third-order valence-corrected chi connectivity index (χ3v) is 7.46. The molecule has 3 unspecified atom stereocenters. The molecule has 4 heterocycles. The molecule has 2 aromatic heterocycles. The molecule has 0 saturated carbocycles. The largest absolute Gasteiger partial charge is 0.389 e. The molecule has 32 heavy (non-hydrogen) atoms. The number of carbonyl (C=O) groups excluding carboxylic acids is 1. The predicted molar refractivity (Wildman–Crippen MR) is 121 cm³/mol. The van der Waals surface area contributed by atoms with E-state index in [2.05, 4.69) is 25.8 Å². The maximum Gasteiger partial charge on any atom is 0.277 e. The van der Waals surface area contributed by atoms with Gasteiger partial charge in [-0.1, -0.05) is 23.5 Å². The summed E-state index contributed by atoms with van der Waals surface area (Å²) in [7, 11) is 1.77. The van der Waals surface area contributed by atoms with Gasteiger partial charge in [0, 0.05) is 30.7 Å². The normalized spacial score (nSPS) is 24.6. The van der Waals surface area contributed by atoms with Crippen LogP contribution >= 0.6 is 11.3 Å². The van der Waals surface area contributed by atoms with E-state index in [4.69, 9.17) is 10.5 Å². The number of H-pyrrole nitrogens is 1. The van der Waals surface area contributed by atoms with E-state index in [1.165, 1.54) is 6.07 Å². The number of ether oxygens (including phenoxy) is 1. The van der Waals surface area contributed by atoms with E-state index in [1.54, 1.807) is 31.5 Å². The number of aromatic nitrogens is 3. The van der Waals surface area contributed by atoms with Crippen LogP contribution in [0.5, 0.6) is 0 Å². The van der Waals surface area contributed by atoms with Gasteiger partial charge in [-0.3, -0.25) is 9.89 Å². The van der Waals surface area contributed by atoms with Crippen LogP contribution < -0.4 is 16.4 Å². The summed E-state index contributed by atoms with van der Waals surface area (Å²) in [5.74, 6) is -0.850. The number of nitrogen functional groups attached to an aromatic ring is 1. The summed E-state index contributed by atoms with van der Waals surface area (Å²) in [6.45, 7) is 0. The van der Waals surface area contributed by atoms with Crippen LogP contribution in [0.3, 0.4) is 0 Å². The maximum absolute atomic E-state index is 14.1. The number of aromatic amines is 1. The number of methoxy groups -OCH3 is 1. The smallest absolute Gasteiger partial charge is 0.277 e. The molecule has 8 nitrogen and oxygen atoms in total. The zero-order valence-corrected chi connectivity index (χ0v) is 18.5. The summed E-state index contributed by atoms with van der Waals surface area (Å²) >= 11 is 1.09. The topological polar surface area (TPSA) is 118 Å². The Morgan fingerprint density at radius 3 is 3.00 bits per heavy atom. The van der Waals surface area contributed by atoms with Crippen molar-refractivity contribution < 1.29 is 13.9 Å². The van der Waals surface area contributed by atoms with Gasteiger partial charge in [0.1, 0.15) is 15.8 Å². The molecule has 0 aliphatic carbocycles. The quantitative estimate of drug-likeness (QED) is 0.452. The number of hydrogen-bond acceptors (Lipinski definition) is 7. The van der Waals surface area contributed by atoms with Crippen molar-refractivity contribution in [3.05, 3.63) is 47.7 Å². The van der Waals surface area contributed by atoms with Gasteiger partial charge in [0.25, 0.3) is 5.91 Å². The van der Waals surface area contributed by atoms with Crippen LogP contribution in [0.25, 0.3) is 10.6 Å². The van der Waals surface area contributed by atoms with Crippen molar-refractivity contribution in [3.8, 4) is 10.6 Å². The first-order valence-electron chi connectivity index (χ1n) is 10.6. The zero-order chi connectivity index (χ0) is 22.3. The van der Waals surface area contributed by atoms with E-state index in [0.29, 0.717) is 22.3 Å². The van der Waals surface area contributed by atoms with Gasteiger partial charge in [0.15, 0.2) is 5.69 Å². The molecule has 0 spiro atoms. The molecule has 10 heteroatoms. The summed E-state index contributed by atoms with van der Waals surface area (Å²) in [5, 5.41) is 14.4. The zero-order valence-electron chi connectivity index (χ0n) is 17.7. The summed E-state index contributed by atoms with van der Waals surface area (Å²) in [6.07, 6.45) is 6.71. The standard InChI is InChI=1S/C22H25FN6O2S/c1-31-17-7-9-22(8-6-14(17)28-22)10-15-16(11-25-29-15)26-20(30)18-19(24)32-21(27-18)12-4-2-3-5-13(12)23/h2-5,11,14,17,28H,6-10,24H2,1H3,(H,25,29)(H,26,30). The second kappa shape index (κ2) is 8.27. The van der Waals surface area contributed by atoms with Crippen LogP contribution in [0.1, 0.15) is 41.9 Å². The number of fused-ring (bicyclic) bond motifs is 2. The van der Waals surface area contributed by atoms with Crippen molar-refractivity contribution in [2.45, 2.75) is 49.8 Å². The van der Waals surface area contributed by atoms with Crippen LogP contribution in [-0.2, 0) is 11.2 Å². The molecule has 2 fully saturated rings. The van der Waals surface area contributed by atoms with Crippen molar-refractivity contribution in [1.29, 1.82) is 0 Å². The predicted octanol–water partition coefficient (Wildman–Crippen LogP) is 3.35. The summed E-state index contributed by atoms with van der Waals surface area (Å²) < 4.78 is 19.7. The van der Waals surface area contributed by atoms with Gasteiger partial charge in [-0.2, -0.15) is 5.10 Å². The first kappa shape index (κ1) is 21.0. The highest BCUT2D eigenvalue weighted by Gasteiger charge is 2.46. The monoisotopic (exact) mass is 456 g/mol. The minimum absolute atomic E-state index is 0.0244. The molecule has 3 aromatic rings. The number of nitrogens with two attached hydrogens (primary N) is 1. The lowest BCUT2D eigenvalue weighted by molar-refractivity contribution is 0.0369. The fourth-order valence-corrected chi connectivity index (χ4v) is 5.75. The molecule has 2 saturated heterocycles. The Kier molecular flexibility index (Phi) is 5.44. The number of anilines is 2. The second-order valence-electron chi connectivity index (χ2n) is 8.49. The Bertz CT molecular complexity index is 1150. The molecule has 2 aliphatic heterocycles. The molecule has 5 rings (SSSR count). The highest BCUT2D eigenvalue weighted by atomic mass is 32.1. The Labute approximate surface area is 188 Å². The fraction of sp³-hybridized carbons (Fsp3) is 0.409. The second-order valence-corrected chi connectivity index (χ2v) is 9.52. The highest BCUT2D eigenvalue weighted by molar-refractivity contribution is 7.19. The SMILES string of the molecule is COC1CCC2(Cc3[nH]ncc3NC(=O)c3nc(-c4ccccc4F)sc3N)CCC1N2. The number of thiazole rings is 1. The summed E-state index contributed by atoms with van der Waals surface area (Å²) in [6, 6.07) is 6.65. The van der Waals surface area contributed by atoms with Crippen LogP contribution in [0.15, 0.2) is 30.5 Å². The van der Waals surface area contributed by atoms with Gasteiger partial charge in [-0.25, -0.2) is 9.37 Å². The molecular formula is C22H25FN6O2S. The number of amides is 1. The molecule has 3 atom stereocenters. The molecule has 2 bridgehead atoms. The first-order chi connectivity index (χ1) is 15.5. The number of hydrogen-bond donors (Lipinski definition) is 4. The number of carbonyl (C=O) groups is 1. The minimum Gasteiger partial charge on any atom is -0.389 e. The van der Waals surface area contributed by atoms with E-state index in [1.807, 2.05) is 0 Å². The van der Waals surface area contributed by atoms with Crippen LogP contribution in [0.4, 0.5) is 15.1 Å². The fourth-order valence-electron chi connectivity index (χ4n) is 4.89. The van der Waals surface area contributed by atoms with E-state index >= 15 is 0 Å². The van der Waals surface area contributed by atoms with Crippen LogP contribution in [-0.4, -0.2) is 45.9 Å². The third-order valence-electron chi connectivity index (χ3n) is 6.54. The van der Waals surface area contributed by atoms with Gasteiger partial charge < -0.3 is 21.1 Å². The van der Waals surface area contributed by atoms with Crippen LogP contribution in [0.2, 0.25) is 0 Å². The van der Waals surface area contributed by atoms with Crippen molar-refractivity contribution >= 4 is 27.9 Å². The molecule has 1 amide bonds. The molecule has 1 aromatic carbocycles. The van der Waals surface area contributed by atoms with Gasteiger partial charge in [-0.05, 0) is 37.8 Å². The highest BCUT2D eigenvalue weighted by Crippen LogP contribution is 2.40. The van der Waals surface area contributed by atoms with E-state index in [0.717, 1.165) is 49.1 Å². The Balaban J connectivity index is 1.32. The Morgan fingerprint density at radius 1 is 1.38 bits per heavy atom. The number of nitrogens with one attached hydrogen (secondary N) is 3. The van der Waals surface area contributed by atoms with E-state index < -0.39 is 11.7 Å². The Morgan fingerprint density at radius 2 is 2.19 bits per heavy atom. The lowest BCUT2D eigenvalue weighted by Crippen LogP contribution is -2.53. The Hall–Kier alpha value is -2.82. The number of halogens is 1. The molecule has 2 aliphatic rings. The molecule has 5 N–H and O–H groups in total. The van der Waals surface area contributed by atoms with Crippen molar-refractivity contribution in [2.24, 2.45) is 0 Å². The van der Waals surface area contributed by atoms with Crippen molar-refractivity contribution in [2.75, 3.05) is 18.2 Å².